The standard InChI is InChI=1S/C28H28NO2P/c1-4-31-28(30)27-22(3)29-21(2)26(27)20-32(23-14-8-5-9-15-23,24-16-10-6-11-17-24)25-18-12-7-13-19-25/h5-19H,4,20H2,1-3H3/p+1. The second kappa shape index (κ2) is 9.54. The lowest BCUT2D eigenvalue weighted by molar-refractivity contribution is 0.0525. The highest BCUT2D eigenvalue weighted by atomic mass is 31.2. The highest BCUT2D eigenvalue weighted by Gasteiger charge is 2.47. The molecule has 1 heterocycles. The van der Waals surface area contributed by atoms with Crippen LogP contribution in [-0.2, 0) is 10.9 Å². The van der Waals surface area contributed by atoms with Gasteiger partial charge in [0.1, 0.15) is 29.3 Å². The second-order valence-corrected chi connectivity index (χ2v) is 11.4. The van der Waals surface area contributed by atoms with Crippen molar-refractivity contribution in [2.45, 2.75) is 26.9 Å². The van der Waals surface area contributed by atoms with Crippen molar-refractivity contribution in [3.63, 3.8) is 0 Å². The Morgan fingerprint density at radius 1 is 0.750 bits per heavy atom. The summed E-state index contributed by atoms with van der Waals surface area (Å²) >= 11 is 0. The Kier molecular flexibility index (Phi) is 6.58. The number of rotatable bonds is 7. The van der Waals surface area contributed by atoms with E-state index in [-0.39, 0.29) is 5.97 Å². The molecule has 1 aromatic heterocycles. The van der Waals surface area contributed by atoms with Crippen LogP contribution in [0.3, 0.4) is 0 Å². The molecule has 3 aromatic carbocycles. The first kappa shape index (κ1) is 22.0. The van der Waals surface area contributed by atoms with Gasteiger partial charge in [0.25, 0.3) is 0 Å². The lowest BCUT2D eigenvalue weighted by Gasteiger charge is -2.28. The summed E-state index contributed by atoms with van der Waals surface area (Å²) in [5.74, 6) is -0.253. The van der Waals surface area contributed by atoms with Crippen molar-refractivity contribution in [2.75, 3.05) is 6.61 Å². The third kappa shape index (κ3) is 4.01. The predicted octanol–water partition coefficient (Wildman–Crippen LogP) is 5.30. The molecule has 0 amide bonds. The Balaban J connectivity index is 2.02. The monoisotopic (exact) mass is 442 g/mol. The molecule has 0 aliphatic carbocycles. The number of carbonyl (C=O) groups is 1. The number of H-pyrrole nitrogens is 1. The molecule has 4 heteroatoms. The van der Waals surface area contributed by atoms with Gasteiger partial charge in [-0.1, -0.05) is 54.6 Å². The number of aryl methyl sites for hydroxylation is 2. The van der Waals surface area contributed by atoms with Crippen molar-refractivity contribution in [1.29, 1.82) is 0 Å². The molecule has 0 atom stereocenters. The van der Waals surface area contributed by atoms with Gasteiger partial charge >= 0.3 is 5.97 Å². The molecule has 0 fully saturated rings. The minimum absolute atomic E-state index is 0.253. The summed E-state index contributed by atoms with van der Waals surface area (Å²) < 4.78 is 5.45. The maximum absolute atomic E-state index is 13.0. The Bertz CT molecular complexity index is 1090. The summed E-state index contributed by atoms with van der Waals surface area (Å²) in [5.41, 5.74) is 3.61. The fraction of sp³-hybridized carbons (Fsp3) is 0.179. The lowest BCUT2D eigenvalue weighted by atomic mass is 10.1. The Hall–Kier alpha value is -3.16. The van der Waals surface area contributed by atoms with E-state index < -0.39 is 7.26 Å². The normalized spacial score (nSPS) is 11.3. The minimum atomic E-state index is -2.10. The molecule has 0 bridgehead atoms. The van der Waals surface area contributed by atoms with Gasteiger partial charge in [-0.05, 0) is 57.2 Å². The zero-order valence-electron chi connectivity index (χ0n) is 18.8. The molecule has 0 aliphatic rings. The number of benzene rings is 3. The third-order valence-electron chi connectivity index (χ3n) is 5.97. The molecular formula is C28H29NO2P+. The molecule has 0 saturated carbocycles. The summed E-state index contributed by atoms with van der Waals surface area (Å²) in [6.07, 6.45) is 0.745. The molecule has 162 valence electrons. The quantitative estimate of drug-likeness (QED) is 0.312. The summed E-state index contributed by atoms with van der Waals surface area (Å²) in [6.45, 7) is 6.22. The van der Waals surface area contributed by atoms with Crippen LogP contribution in [0.5, 0.6) is 0 Å². The van der Waals surface area contributed by atoms with Crippen molar-refractivity contribution < 1.29 is 9.53 Å². The number of nitrogens with one attached hydrogen (secondary N) is 1. The highest BCUT2D eigenvalue weighted by molar-refractivity contribution is 7.95. The van der Waals surface area contributed by atoms with Gasteiger partial charge in [0.2, 0.25) is 0 Å². The highest BCUT2D eigenvalue weighted by Crippen LogP contribution is 2.58. The maximum atomic E-state index is 13.0. The van der Waals surface area contributed by atoms with E-state index in [0.717, 1.165) is 23.1 Å². The van der Waals surface area contributed by atoms with Crippen molar-refractivity contribution in [2.24, 2.45) is 0 Å². The van der Waals surface area contributed by atoms with Crippen LogP contribution in [0.2, 0.25) is 0 Å². The summed E-state index contributed by atoms with van der Waals surface area (Å²) in [5, 5.41) is 3.89. The van der Waals surface area contributed by atoms with Gasteiger partial charge in [-0.15, -0.1) is 0 Å². The lowest BCUT2D eigenvalue weighted by Crippen LogP contribution is -2.33. The van der Waals surface area contributed by atoms with Gasteiger partial charge in [-0.3, -0.25) is 0 Å². The van der Waals surface area contributed by atoms with E-state index in [4.69, 9.17) is 4.74 Å². The number of aromatic nitrogens is 1. The molecule has 0 aliphatic heterocycles. The van der Waals surface area contributed by atoms with Crippen LogP contribution in [0.15, 0.2) is 91.0 Å². The van der Waals surface area contributed by atoms with E-state index in [9.17, 15) is 4.79 Å². The van der Waals surface area contributed by atoms with Gasteiger partial charge < -0.3 is 9.72 Å². The van der Waals surface area contributed by atoms with Crippen molar-refractivity contribution in [3.05, 3.63) is 114 Å². The number of carbonyl (C=O) groups excluding carboxylic acids is 1. The zero-order valence-corrected chi connectivity index (χ0v) is 19.7. The SMILES string of the molecule is CCOC(=O)c1c(C)[nH]c(C)c1C[P+](c1ccccc1)(c1ccccc1)c1ccccc1. The first-order valence-electron chi connectivity index (χ1n) is 11.0. The second-order valence-electron chi connectivity index (χ2n) is 7.92. The van der Waals surface area contributed by atoms with E-state index in [2.05, 4.69) is 103 Å². The molecule has 0 unspecified atom stereocenters. The Labute approximate surface area is 190 Å². The van der Waals surface area contributed by atoms with Gasteiger partial charge in [0.15, 0.2) is 0 Å². The molecule has 3 nitrogen and oxygen atoms in total. The van der Waals surface area contributed by atoms with Crippen LogP contribution in [-0.4, -0.2) is 17.6 Å². The zero-order chi connectivity index (χ0) is 22.6. The van der Waals surface area contributed by atoms with Crippen molar-refractivity contribution in [1.82, 2.24) is 4.98 Å². The smallest absolute Gasteiger partial charge is 0.340 e. The van der Waals surface area contributed by atoms with Crippen molar-refractivity contribution >= 4 is 29.1 Å². The largest absolute Gasteiger partial charge is 0.462 e. The number of hydrogen-bond donors (Lipinski definition) is 1. The Morgan fingerprint density at radius 3 is 1.59 bits per heavy atom. The summed E-state index contributed by atoms with van der Waals surface area (Å²) in [6, 6.07) is 32.2. The van der Waals surface area contributed by atoms with Gasteiger partial charge in [0, 0.05) is 17.0 Å². The average Bonchev–Trinajstić information content (AvgIpc) is 3.11. The predicted molar refractivity (Wildman–Crippen MR) is 135 cm³/mol. The van der Waals surface area contributed by atoms with Crippen LogP contribution in [0.25, 0.3) is 0 Å². The summed E-state index contributed by atoms with van der Waals surface area (Å²) in [4.78, 5) is 16.4. The van der Waals surface area contributed by atoms with E-state index in [1.807, 2.05) is 13.8 Å². The molecule has 0 spiro atoms. The van der Waals surface area contributed by atoms with Crippen LogP contribution in [0.1, 0.15) is 34.2 Å². The van der Waals surface area contributed by atoms with Gasteiger partial charge in [-0.25, -0.2) is 4.79 Å². The van der Waals surface area contributed by atoms with Crippen LogP contribution < -0.4 is 15.9 Å². The van der Waals surface area contributed by atoms with E-state index in [1.165, 1.54) is 15.9 Å². The molecule has 0 radical (unpaired) electrons. The first-order chi connectivity index (χ1) is 15.6. The van der Waals surface area contributed by atoms with E-state index in [1.54, 1.807) is 0 Å². The molecule has 4 aromatic rings. The fourth-order valence-electron chi connectivity index (χ4n) is 4.52. The molecule has 32 heavy (non-hydrogen) atoms. The maximum Gasteiger partial charge on any atom is 0.340 e. The molecule has 4 rings (SSSR count). The average molecular weight is 443 g/mol. The topological polar surface area (TPSA) is 42.1 Å². The third-order valence-corrected chi connectivity index (χ3v) is 10.3. The van der Waals surface area contributed by atoms with Crippen LogP contribution >= 0.6 is 7.26 Å². The van der Waals surface area contributed by atoms with E-state index in [0.29, 0.717) is 12.2 Å². The minimum Gasteiger partial charge on any atom is -0.462 e. The van der Waals surface area contributed by atoms with Gasteiger partial charge in [-0.2, -0.15) is 0 Å². The molecule has 1 N–H and O–H groups in total. The molecular weight excluding hydrogens is 413 g/mol. The van der Waals surface area contributed by atoms with E-state index >= 15 is 0 Å². The number of aromatic amines is 1. The number of esters is 1. The van der Waals surface area contributed by atoms with Crippen molar-refractivity contribution in [3.8, 4) is 0 Å². The van der Waals surface area contributed by atoms with Crippen LogP contribution in [0, 0.1) is 13.8 Å². The summed E-state index contributed by atoms with van der Waals surface area (Å²) in [7, 11) is -2.10. The number of ether oxygens (including phenoxy) is 1. The van der Waals surface area contributed by atoms with Gasteiger partial charge in [0.05, 0.1) is 12.2 Å². The Morgan fingerprint density at radius 2 is 1.19 bits per heavy atom. The fourth-order valence-corrected chi connectivity index (χ4v) is 8.87. The van der Waals surface area contributed by atoms with Crippen LogP contribution in [0.4, 0.5) is 0 Å². The first-order valence-corrected chi connectivity index (χ1v) is 13.0. The number of hydrogen-bond acceptors (Lipinski definition) is 2. The molecule has 0 saturated heterocycles.